The molecule has 0 saturated heterocycles. The maximum absolute atomic E-state index is 12.5. The van der Waals surface area contributed by atoms with Gasteiger partial charge in [0.25, 0.3) is 0 Å². The number of H-pyrrole nitrogens is 1. The molecule has 2 aromatic heterocycles. The fourth-order valence-electron chi connectivity index (χ4n) is 3.10. The Morgan fingerprint density at radius 1 is 1.39 bits per heavy atom. The largest absolute Gasteiger partial charge is 0.481 e. The Morgan fingerprint density at radius 3 is 2.96 bits per heavy atom. The highest BCUT2D eigenvalue weighted by Gasteiger charge is 2.33. The Bertz CT molecular complexity index is 1040. The summed E-state index contributed by atoms with van der Waals surface area (Å²) in [6.45, 7) is 1.68. The fraction of sp³-hybridized carbons (Fsp3) is 0.235. The molecule has 0 aliphatic heterocycles. The van der Waals surface area contributed by atoms with Gasteiger partial charge in [0.1, 0.15) is 0 Å². The number of nitrogens with zero attached hydrogens (tertiary/aromatic N) is 2. The molecule has 23 heavy (non-hydrogen) atoms. The van der Waals surface area contributed by atoms with Crippen molar-refractivity contribution >= 4 is 28.6 Å². The monoisotopic (exact) mass is 309 g/mol. The topological polar surface area (TPSA) is 87.5 Å². The summed E-state index contributed by atoms with van der Waals surface area (Å²) in [5.41, 5.74) is 1.58. The lowest BCUT2D eigenvalue weighted by Crippen LogP contribution is -2.26. The van der Waals surface area contributed by atoms with Crippen molar-refractivity contribution < 1.29 is 9.90 Å². The van der Waals surface area contributed by atoms with Crippen LogP contribution in [0.3, 0.4) is 0 Å². The molecule has 4 rings (SSSR count). The Morgan fingerprint density at radius 2 is 2.17 bits per heavy atom. The molecule has 0 bridgehead atoms. The standard InChI is InChI=1S/C17H15N3O3/c1-17(15(21)22)8-6-12-13(7-9-17)20-14(18-12)10-4-2-3-5-11(10)19-16(20)23/h2-6,8H,7,9H2,1H3,(H,19,23)(H,21,22). The van der Waals surface area contributed by atoms with Gasteiger partial charge in [-0.1, -0.05) is 18.2 Å². The summed E-state index contributed by atoms with van der Waals surface area (Å²) < 4.78 is 1.57. The normalized spacial score (nSPS) is 20.6. The van der Waals surface area contributed by atoms with E-state index in [4.69, 9.17) is 0 Å². The molecule has 2 N–H and O–H groups in total. The SMILES string of the molecule is CC1(C(=O)O)C=Cc2nc3c4ccccc4[nH]c(=O)n3c2CC1. The third-order valence-electron chi connectivity index (χ3n) is 4.60. The number of fused-ring (bicyclic) bond motifs is 5. The van der Waals surface area contributed by atoms with Gasteiger partial charge in [-0.15, -0.1) is 0 Å². The van der Waals surface area contributed by atoms with Gasteiger partial charge in [0.2, 0.25) is 0 Å². The van der Waals surface area contributed by atoms with Gasteiger partial charge in [-0.3, -0.25) is 4.79 Å². The molecule has 0 fully saturated rings. The minimum Gasteiger partial charge on any atom is -0.481 e. The van der Waals surface area contributed by atoms with Crippen molar-refractivity contribution in [2.24, 2.45) is 5.41 Å². The third kappa shape index (κ3) is 1.91. The molecular formula is C17H15N3O3. The first-order valence-electron chi connectivity index (χ1n) is 7.45. The molecule has 1 aromatic carbocycles. The predicted molar refractivity (Wildman–Crippen MR) is 86.4 cm³/mol. The van der Waals surface area contributed by atoms with Crippen molar-refractivity contribution in [1.82, 2.24) is 14.4 Å². The molecule has 6 nitrogen and oxygen atoms in total. The number of rotatable bonds is 1. The van der Waals surface area contributed by atoms with E-state index in [0.717, 1.165) is 16.6 Å². The number of aromatic amines is 1. The lowest BCUT2D eigenvalue weighted by Gasteiger charge is -2.18. The molecule has 3 aromatic rings. The van der Waals surface area contributed by atoms with E-state index in [-0.39, 0.29) is 5.69 Å². The van der Waals surface area contributed by atoms with Gasteiger partial charge in [-0.05, 0) is 38.0 Å². The Kier molecular flexibility index (Phi) is 2.72. The quantitative estimate of drug-likeness (QED) is 0.721. The number of hydrogen-bond acceptors (Lipinski definition) is 3. The number of nitrogens with one attached hydrogen (secondary N) is 1. The smallest absolute Gasteiger partial charge is 0.332 e. The lowest BCUT2D eigenvalue weighted by molar-refractivity contribution is -0.145. The van der Waals surface area contributed by atoms with E-state index in [0.29, 0.717) is 24.2 Å². The van der Waals surface area contributed by atoms with Crippen LogP contribution in [0.2, 0.25) is 0 Å². The minimum absolute atomic E-state index is 0.250. The number of aryl methyl sites for hydroxylation is 1. The van der Waals surface area contributed by atoms with Gasteiger partial charge in [-0.2, -0.15) is 0 Å². The van der Waals surface area contributed by atoms with Gasteiger partial charge in [0, 0.05) is 5.39 Å². The number of carbonyl (C=O) groups is 1. The van der Waals surface area contributed by atoms with E-state index in [1.54, 1.807) is 23.5 Å². The molecule has 1 aliphatic carbocycles. The highest BCUT2D eigenvalue weighted by Crippen LogP contribution is 2.32. The Labute approximate surface area is 131 Å². The molecule has 6 heteroatoms. The highest BCUT2D eigenvalue weighted by molar-refractivity contribution is 5.91. The van der Waals surface area contributed by atoms with E-state index in [1.165, 1.54) is 0 Å². The van der Waals surface area contributed by atoms with Crippen LogP contribution in [0.5, 0.6) is 0 Å². The molecule has 0 amide bonds. The molecular weight excluding hydrogens is 294 g/mol. The number of para-hydroxylation sites is 1. The van der Waals surface area contributed by atoms with Crippen molar-refractivity contribution in [2.45, 2.75) is 19.8 Å². The summed E-state index contributed by atoms with van der Waals surface area (Å²) in [7, 11) is 0. The summed E-state index contributed by atoms with van der Waals surface area (Å²) in [5, 5.41) is 10.3. The van der Waals surface area contributed by atoms with E-state index in [2.05, 4.69) is 9.97 Å². The number of aliphatic carboxylic acids is 1. The minimum atomic E-state index is -0.940. The second-order valence-corrected chi connectivity index (χ2v) is 6.13. The van der Waals surface area contributed by atoms with Crippen molar-refractivity contribution in [3.8, 4) is 0 Å². The number of aromatic nitrogens is 3. The van der Waals surface area contributed by atoms with Crippen LogP contribution in [-0.2, 0) is 11.2 Å². The second kappa shape index (κ2) is 4.55. The van der Waals surface area contributed by atoms with Crippen molar-refractivity contribution in [3.05, 3.63) is 52.2 Å². The first-order chi connectivity index (χ1) is 11.0. The fourth-order valence-corrected chi connectivity index (χ4v) is 3.10. The summed E-state index contributed by atoms with van der Waals surface area (Å²) >= 11 is 0. The van der Waals surface area contributed by atoms with Crippen molar-refractivity contribution in [2.75, 3.05) is 0 Å². The summed E-state index contributed by atoms with van der Waals surface area (Å²) in [6.07, 6.45) is 4.29. The van der Waals surface area contributed by atoms with Crippen LogP contribution in [-0.4, -0.2) is 25.4 Å². The number of benzene rings is 1. The third-order valence-corrected chi connectivity index (χ3v) is 4.60. The maximum Gasteiger partial charge on any atom is 0.332 e. The summed E-state index contributed by atoms with van der Waals surface area (Å²) in [4.78, 5) is 31.4. The average Bonchev–Trinajstić information content (AvgIpc) is 2.82. The van der Waals surface area contributed by atoms with Crippen molar-refractivity contribution in [3.63, 3.8) is 0 Å². The Hall–Kier alpha value is -2.89. The van der Waals surface area contributed by atoms with Crippen LogP contribution >= 0.6 is 0 Å². The summed E-state index contributed by atoms with van der Waals surface area (Å²) in [5.74, 6) is -0.868. The highest BCUT2D eigenvalue weighted by atomic mass is 16.4. The van der Waals surface area contributed by atoms with Crippen molar-refractivity contribution in [1.29, 1.82) is 0 Å². The van der Waals surface area contributed by atoms with Crippen LogP contribution in [0.25, 0.3) is 22.6 Å². The van der Waals surface area contributed by atoms with Gasteiger partial charge in [-0.25, -0.2) is 14.2 Å². The number of carboxylic acid groups (broad SMARTS) is 1. The molecule has 0 radical (unpaired) electrons. The summed E-state index contributed by atoms with van der Waals surface area (Å²) in [6, 6.07) is 7.52. The molecule has 1 unspecified atom stereocenters. The van der Waals surface area contributed by atoms with Crippen LogP contribution in [0.15, 0.2) is 35.1 Å². The van der Waals surface area contributed by atoms with Crippen LogP contribution in [0, 0.1) is 5.41 Å². The molecule has 1 atom stereocenters. The van der Waals surface area contributed by atoms with E-state index in [9.17, 15) is 14.7 Å². The molecule has 0 saturated carbocycles. The molecule has 2 heterocycles. The second-order valence-electron chi connectivity index (χ2n) is 6.13. The zero-order valence-electron chi connectivity index (χ0n) is 12.5. The first-order valence-corrected chi connectivity index (χ1v) is 7.45. The lowest BCUT2D eigenvalue weighted by atomic mass is 9.86. The zero-order chi connectivity index (χ0) is 16.2. The molecule has 1 aliphatic rings. The van der Waals surface area contributed by atoms with Gasteiger partial charge < -0.3 is 10.1 Å². The van der Waals surface area contributed by atoms with E-state index >= 15 is 0 Å². The molecule has 0 spiro atoms. The van der Waals surface area contributed by atoms with E-state index < -0.39 is 11.4 Å². The number of imidazole rings is 1. The van der Waals surface area contributed by atoms with Gasteiger partial charge in [0.15, 0.2) is 5.65 Å². The molecule has 116 valence electrons. The van der Waals surface area contributed by atoms with E-state index in [1.807, 2.05) is 24.3 Å². The number of carboxylic acids is 1. The van der Waals surface area contributed by atoms with Crippen LogP contribution in [0.4, 0.5) is 0 Å². The van der Waals surface area contributed by atoms with Crippen LogP contribution < -0.4 is 5.69 Å². The zero-order valence-corrected chi connectivity index (χ0v) is 12.5. The van der Waals surface area contributed by atoms with Gasteiger partial charge >= 0.3 is 11.7 Å². The van der Waals surface area contributed by atoms with Gasteiger partial charge in [0.05, 0.1) is 22.3 Å². The average molecular weight is 309 g/mol. The Balaban J connectivity index is 2.02. The predicted octanol–water partition coefficient (Wildman–Crippen LogP) is 2.23. The maximum atomic E-state index is 12.5. The number of hydrogen-bond donors (Lipinski definition) is 2. The van der Waals surface area contributed by atoms with Crippen LogP contribution in [0.1, 0.15) is 24.7 Å². The first kappa shape index (κ1) is 13.8.